The first-order valence-electron chi connectivity index (χ1n) is 9.10. The number of para-hydroxylation sites is 1. The van der Waals surface area contributed by atoms with Gasteiger partial charge in [0.1, 0.15) is 6.07 Å². The van der Waals surface area contributed by atoms with Gasteiger partial charge in [0.25, 0.3) is 5.91 Å². The number of hydrogen-bond acceptors (Lipinski definition) is 4. The van der Waals surface area contributed by atoms with Crippen LogP contribution in [-0.4, -0.2) is 51.4 Å². The van der Waals surface area contributed by atoms with Crippen LogP contribution in [-0.2, 0) is 14.8 Å². The highest BCUT2D eigenvalue weighted by Gasteiger charge is 2.32. The van der Waals surface area contributed by atoms with Crippen molar-refractivity contribution >= 4 is 21.6 Å². The minimum atomic E-state index is -3.71. The molecular weight excluding hydrogens is 376 g/mol. The van der Waals surface area contributed by atoms with Gasteiger partial charge in [-0.25, -0.2) is 8.42 Å². The van der Waals surface area contributed by atoms with E-state index in [-0.39, 0.29) is 22.9 Å². The van der Waals surface area contributed by atoms with E-state index >= 15 is 0 Å². The zero-order valence-corrected chi connectivity index (χ0v) is 16.5. The van der Waals surface area contributed by atoms with Gasteiger partial charge in [0, 0.05) is 5.69 Å². The van der Waals surface area contributed by atoms with Gasteiger partial charge in [0.2, 0.25) is 10.0 Å². The number of nitriles is 1. The van der Waals surface area contributed by atoms with Crippen molar-refractivity contribution < 1.29 is 18.1 Å². The number of rotatable bonds is 5. The Morgan fingerprint density at radius 2 is 1.79 bits per heavy atom. The molecule has 2 aromatic rings. The van der Waals surface area contributed by atoms with E-state index in [1.165, 1.54) is 16.4 Å². The number of anilines is 1. The highest BCUT2D eigenvalue weighted by atomic mass is 32.2. The molecule has 8 heteroatoms. The van der Waals surface area contributed by atoms with E-state index in [0.717, 1.165) is 16.2 Å². The molecule has 1 fully saturated rings. The summed E-state index contributed by atoms with van der Waals surface area (Å²) in [5, 5.41) is 12.1. The van der Waals surface area contributed by atoms with Crippen LogP contribution in [0, 0.1) is 18.3 Å². The number of benzene rings is 2. The van der Waals surface area contributed by atoms with Crippen LogP contribution in [0.1, 0.15) is 11.1 Å². The lowest BCUT2D eigenvalue weighted by Gasteiger charge is -2.31. The molecule has 0 atom stereocenters. The summed E-state index contributed by atoms with van der Waals surface area (Å²) >= 11 is 0. The Hall–Kier alpha value is -2.73. The highest BCUT2D eigenvalue weighted by Crippen LogP contribution is 2.19. The minimum Gasteiger partial charge on any atom is -0.325 e. The fourth-order valence-corrected chi connectivity index (χ4v) is 4.86. The molecular formula is C20H23N4O3S+. The fraction of sp³-hybridized carbons (Fsp3) is 0.300. The molecule has 1 aliphatic heterocycles. The second kappa shape index (κ2) is 8.52. The van der Waals surface area contributed by atoms with Crippen LogP contribution in [0.25, 0.3) is 0 Å². The van der Waals surface area contributed by atoms with Gasteiger partial charge in [-0.2, -0.15) is 9.57 Å². The maximum absolute atomic E-state index is 12.9. The van der Waals surface area contributed by atoms with Crippen LogP contribution in [0.15, 0.2) is 53.4 Å². The average molecular weight is 399 g/mol. The average Bonchev–Trinajstić information content (AvgIpc) is 2.70. The molecule has 0 unspecified atom stereocenters. The summed E-state index contributed by atoms with van der Waals surface area (Å²) in [7, 11) is -3.71. The Kier molecular flexibility index (Phi) is 6.09. The van der Waals surface area contributed by atoms with Gasteiger partial charge in [-0.15, -0.1) is 0 Å². The first-order chi connectivity index (χ1) is 13.4. The van der Waals surface area contributed by atoms with Gasteiger partial charge in [-0.1, -0.05) is 30.3 Å². The van der Waals surface area contributed by atoms with Crippen molar-refractivity contribution in [3.63, 3.8) is 0 Å². The first-order valence-corrected chi connectivity index (χ1v) is 10.5. The molecule has 0 saturated carbocycles. The number of amides is 1. The van der Waals surface area contributed by atoms with Crippen LogP contribution < -0.4 is 10.2 Å². The van der Waals surface area contributed by atoms with Crippen LogP contribution in [0.2, 0.25) is 0 Å². The van der Waals surface area contributed by atoms with Crippen molar-refractivity contribution in [1.82, 2.24) is 4.31 Å². The van der Waals surface area contributed by atoms with E-state index in [1.54, 1.807) is 12.1 Å². The Labute approximate surface area is 165 Å². The maximum atomic E-state index is 12.9. The fourth-order valence-electron chi connectivity index (χ4n) is 3.28. The molecule has 28 heavy (non-hydrogen) atoms. The Bertz CT molecular complexity index is 1010. The standard InChI is InChI=1S/C20H22N4O3S/c1-16-6-2-4-8-18(16)22-20(25)15-23-10-12-24(13-11-23)28(26,27)19-9-5-3-7-17(19)14-21/h2-9H,10-13,15H2,1H3,(H,22,25)/p+1. The minimum absolute atomic E-state index is 0.0400. The van der Waals surface area contributed by atoms with E-state index in [2.05, 4.69) is 5.32 Å². The number of piperazine rings is 1. The van der Waals surface area contributed by atoms with Crippen molar-refractivity contribution in [3.8, 4) is 6.07 Å². The van der Waals surface area contributed by atoms with Gasteiger partial charge < -0.3 is 10.2 Å². The Morgan fingerprint density at radius 3 is 2.46 bits per heavy atom. The van der Waals surface area contributed by atoms with E-state index < -0.39 is 10.0 Å². The van der Waals surface area contributed by atoms with Crippen molar-refractivity contribution in [3.05, 3.63) is 59.7 Å². The molecule has 0 spiro atoms. The van der Waals surface area contributed by atoms with E-state index in [0.29, 0.717) is 26.2 Å². The molecule has 1 aliphatic rings. The second-order valence-electron chi connectivity index (χ2n) is 6.80. The quantitative estimate of drug-likeness (QED) is 0.761. The zero-order valence-electron chi connectivity index (χ0n) is 15.7. The topological polar surface area (TPSA) is 94.7 Å². The third kappa shape index (κ3) is 4.39. The number of hydrogen-bond donors (Lipinski definition) is 2. The molecule has 0 aromatic heterocycles. The summed E-state index contributed by atoms with van der Waals surface area (Å²) in [4.78, 5) is 13.4. The molecule has 0 bridgehead atoms. The van der Waals surface area contributed by atoms with Crippen molar-refractivity contribution in [1.29, 1.82) is 5.26 Å². The number of quaternary nitrogens is 1. The van der Waals surface area contributed by atoms with E-state index in [9.17, 15) is 18.5 Å². The van der Waals surface area contributed by atoms with E-state index in [4.69, 9.17) is 0 Å². The highest BCUT2D eigenvalue weighted by molar-refractivity contribution is 7.89. The summed E-state index contributed by atoms with van der Waals surface area (Å²) in [6.45, 7) is 3.93. The molecule has 1 saturated heterocycles. The number of aryl methyl sites for hydroxylation is 1. The molecule has 146 valence electrons. The molecule has 1 amide bonds. The molecule has 0 aliphatic carbocycles. The molecule has 1 heterocycles. The van der Waals surface area contributed by atoms with Crippen LogP contribution >= 0.6 is 0 Å². The maximum Gasteiger partial charge on any atom is 0.279 e. The summed E-state index contributed by atoms with van der Waals surface area (Å²) in [5.74, 6) is -0.0876. The monoisotopic (exact) mass is 399 g/mol. The normalized spacial score (nSPS) is 15.7. The third-order valence-electron chi connectivity index (χ3n) is 4.88. The predicted molar refractivity (Wildman–Crippen MR) is 105 cm³/mol. The number of nitrogens with zero attached hydrogens (tertiary/aromatic N) is 2. The van der Waals surface area contributed by atoms with Gasteiger partial charge in [0.05, 0.1) is 36.6 Å². The second-order valence-corrected chi connectivity index (χ2v) is 8.71. The molecule has 0 radical (unpaired) electrons. The van der Waals surface area contributed by atoms with Crippen LogP contribution in [0.3, 0.4) is 0 Å². The molecule has 2 aromatic carbocycles. The molecule has 3 rings (SSSR count). The van der Waals surface area contributed by atoms with Gasteiger partial charge in [0.15, 0.2) is 6.54 Å². The number of carbonyl (C=O) groups is 1. The lowest BCUT2D eigenvalue weighted by atomic mass is 10.2. The number of nitrogens with one attached hydrogen (secondary N) is 2. The largest absolute Gasteiger partial charge is 0.325 e. The summed E-state index contributed by atoms with van der Waals surface area (Å²) in [6.07, 6.45) is 0. The Balaban J connectivity index is 1.59. The summed E-state index contributed by atoms with van der Waals surface area (Å²) < 4.78 is 27.1. The van der Waals surface area contributed by atoms with Crippen molar-refractivity contribution in [2.75, 3.05) is 38.0 Å². The van der Waals surface area contributed by atoms with E-state index in [1.807, 2.05) is 37.3 Å². The lowest BCUT2D eigenvalue weighted by Crippen LogP contribution is -3.15. The predicted octanol–water partition coefficient (Wildman–Crippen LogP) is 0.395. The molecule has 7 nitrogen and oxygen atoms in total. The Morgan fingerprint density at radius 1 is 1.14 bits per heavy atom. The summed E-state index contributed by atoms with van der Waals surface area (Å²) in [6, 6.07) is 15.8. The van der Waals surface area contributed by atoms with Crippen LogP contribution in [0.4, 0.5) is 5.69 Å². The van der Waals surface area contributed by atoms with Crippen molar-refractivity contribution in [2.24, 2.45) is 0 Å². The van der Waals surface area contributed by atoms with Gasteiger partial charge in [-0.05, 0) is 30.7 Å². The zero-order chi connectivity index (χ0) is 20.1. The van der Waals surface area contributed by atoms with Gasteiger partial charge in [-0.3, -0.25) is 4.79 Å². The number of sulfonamides is 1. The smallest absolute Gasteiger partial charge is 0.279 e. The lowest BCUT2D eigenvalue weighted by molar-refractivity contribution is -0.895. The third-order valence-corrected chi connectivity index (χ3v) is 6.84. The summed E-state index contributed by atoms with van der Waals surface area (Å²) in [5.41, 5.74) is 1.94. The van der Waals surface area contributed by atoms with Crippen LogP contribution in [0.5, 0.6) is 0 Å². The molecule has 2 N–H and O–H groups in total. The van der Waals surface area contributed by atoms with Gasteiger partial charge >= 0.3 is 0 Å². The van der Waals surface area contributed by atoms with Crippen molar-refractivity contribution in [2.45, 2.75) is 11.8 Å². The SMILES string of the molecule is Cc1ccccc1NC(=O)C[NH+]1CCN(S(=O)(=O)c2ccccc2C#N)CC1. The first kappa shape index (κ1) is 20.0. The number of carbonyl (C=O) groups excluding carboxylic acids is 1.